The zero-order valence-electron chi connectivity index (χ0n) is 18.4. The highest BCUT2D eigenvalue weighted by Gasteiger charge is 2.30. The SMILES string of the molecule is CCCCOc1nc(N)c2c(n1)CN([C@H](C)c1ccc(CN3CCCC3)cc1)C(=O)N2. The van der Waals surface area contributed by atoms with E-state index in [1.165, 1.54) is 31.5 Å². The van der Waals surface area contributed by atoms with Gasteiger partial charge >= 0.3 is 12.0 Å². The van der Waals surface area contributed by atoms with Gasteiger partial charge < -0.3 is 20.7 Å². The lowest BCUT2D eigenvalue weighted by molar-refractivity contribution is 0.184. The maximum atomic E-state index is 12.8. The van der Waals surface area contributed by atoms with Gasteiger partial charge in [-0.15, -0.1) is 0 Å². The Morgan fingerprint density at radius 1 is 1.19 bits per heavy atom. The van der Waals surface area contributed by atoms with Crippen molar-refractivity contribution < 1.29 is 9.53 Å². The molecule has 1 aromatic heterocycles. The monoisotopic (exact) mass is 424 g/mol. The summed E-state index contributed by atoms with van der Waals surface area (Å²) in [4.78, 5) is 25.7. The number of benzene rings is 1. The van der Waals surface area contributed by atoms with Crippen LogP contribution in [0.1, 0.15) is 62.4 Å². The topological polar surface area (TPSA) is 96.6 Å². The number of carbonyl (C=O) groups excluding carboxylic acids is 1. The second kappa shape index (κ2) is 9.51. The Labute approximate surface area is 183 Å². The molecule has 2 amide bonds. The number of ether oxygens (including phenoxy) is 1. The van der Waals surface area contributed by atoms with Gasteiger partial charge in [0.2, 0.25) is 0 Å². The first-order valence-electron chi connectivity index (χ1n) is 11.2. The molecule has 3 heterocycles. The largest absolute Gasteiger partial charge is 0.463 e. The molecule has 0 saturated carbocycles. The van der Waals surface area contributed by atoms with Crippen molar-refractivity contribution in [2.75, 3.05) is 30.7 Å². The third-order valence-corrected chi connectivity index (χ3v) is 6.07. The molecule has 2 aromatic rings. The van der Waals surface area contributed by atoms with Crippen molar-refractivity contribution in [1.82, 2.24) is 19.8 Å². The molecule has 3 N–H and O–H groups in total. The number of amides is 2. The van der Waals surface area contributed by atoms with Crippen molar-refractivity contribution in [3.05, 3.63) is 41.1 Å². The van der Waals surface area contributed by atoms with Crippen molar-refractivity contribution in [2.45, 2.75) is 58.7 Å². The molecule has 0 bridgehead atoms. The van der Waals surface area contributed by atoms with Crippen molar-refractivity contribution >= 4 is 17.5 Å². The van der Waals surface area contributed by atoms with E-state index in [0.29, 0.717) is 24.5 Å². The molecule has 1 saturated heterocycles. The van der Waals surface area contributed by atoms with E-state index in [1.807, 2.05) is 6.92 Å². The van der Waals surface area contributed by atoms with Gasteiger partial charge in [-0.05, 0) is 50.4 Å². The number of hydrogen-bond donors (Lipinski definition) is 2. The number of likely N-dealkylation sites (tertiary alicyclic amines) is 1. The number of nitrogens with zero attached hydrogens (tertiary/aromatic N) is 4. The molecular weight excluding hydrogens is 392 g/mol. The zero-order valence-corrected chi connectivity index (χ0v) is 18.4. The van der Waals surface area contributed by atoms with E-state index in [0.717, 1.165) is 24.9 Å². The number of urea groups is 1. The summed E-state index contributed by atoms with van der Waals surface area (Å²) in [5.41, 5.74) is 9.61. The minimum absolute atomic E-state index is 0.102. The Hall–Kier alpha value is -2.87. The van der Waals surface area contributed by atoms with Crippen LogP contribution in [0.5, 0.6) is 6.01 Å². The van der Waals surface area contributed by atoms with E-state index in [2.05, 4.69) is 51.4 Å². The van der Waals surface area contributed by atoms with Crippen molar-refractivity contribution in [3.8, 4) is 6.01 Å². The number of anilines is 2. The van der Waals surface area contributed by atoms with Crippen LogP contribution in [-0.2, 0) is 13.1 Å². The molecule has 8 nitrogen and oxygen atoms in total. The average molecular weight is 425 g/mol. The molecule has 2 aliphatic rings. The molecule has 0 spiro atoms. The number of rotatable bonds is 8. The van der Waals surface area contributed by atoms with E-state index in [9.17, 15) is 4.79 Å². The van der Waals surface area contributed by atoms with Crippen LogP contribution in [0.25, 0.3) is 0 Å². The van der Waals surface area contributed by atoms with Gasteiger partial charge in [0.15, 0.2) is 5.82 Å². The Kier molecular flexibility index (Phi) is 6.56. The minimum Gasteiger partial charge on any atom is -0.463 e. The molecule has 0 unspecified atom stereocenters. The highest BCUT2D eigenvalue weighted by atomic mass is 16.5. The third kappa shape index (κ3) is 4.90. The van der Waals surface area contributed by atoms with Crippen LogP contribution >= 0.6 is 0 Å². The van der Waals surface area contributed by atoms with Gasteiger partial charge in [-0.25, -0.2) is 4.79 Å². The summed E-state index contributed by atoms with van der Waals surface area (Å²) >= 11 is 0. The number of nitrogen functional groups attached to an aromatic ring is 1. The van der Waals surface area contributed by atoms with Gasteiger partial charge in [0, 0.05) is 6.54 Å². The Bertz CT molecular complexity index is 911. The van der Waals surface area contributed by atoms with Gasteiger partial charge in [0.25, 0.3) is 0 Å². The molecule has 8 heteroatoms. The lowest BCUT2D eigenvalue weighted by atomic mass is 10.0. The smallest absolute Gasteiger partial charge is 0.322 e. The van der Waals surface area contributed by atoms with Gasteiger partial charge in [0.05, 0.1) is 24.9 Å². The van der Waals surface area contributed by atoms with Gasteiger partial charge in [-0.3, -0.25) is 4.90 Å². The summed E-state index contributed by atoms with van der Waals surface area (Å²) in [6.07, 6.45) is 4.53. The van der Waals surface area contributed by atoms with Gasteiger partial charge in [0.1, 0.15) is 5.69 Å². The first-order valence-corrected chi connectivity index (χ1v) is 11.2. The fourth-order valence-electron chi connectivity index (χ4n) is 4.13. The third-order valence-electron chi connectivity index (χ3n) is 6.07. The Balaban J connectivity index is 1.46. The second-order valence-corrected chi connectivity index (χ2v) is 8.37. The number of nitrogens with one attached hydrogen (secondary N) is 1. The quantitative estimate of drug-likeness (QED) is 0.623. The summed E-state index contributed by atoms with van der Waals surface area (Å²) in [5, 5.41) is 2.86. The zero-order chi connectivity index (χ0) is 21.8. The number of hydrogen-bond acceptors (Lipinski definition) is 6. The van der Waals surface area contributed by atoms with E-state index in [1.54, 1.807) is 4.90 Å². The van der Waals surface area contributed by atoms with Crippen LogP contribution in [0.4, 0.5) is 16.3 Å². The molecule has 1 fully saturated rings. The minimum atomic E-state index is -0.198. The molecule has 4 rings (SSSR count). The summed E-state index contributed by atoms with van der Waals surface area (Å²) in [5.74, 6) is 0.239. The molecule has 1 aromatic carbocycles. The van der Waals surface area contributed by atoms with Crippen molar-refractivity contribution in [1.29, 1.82) is 0 Å². The van der Waals surface area contributed by atoms with Crippen LogP contribution in [-0.4, -0.2) is 45.5 Å². The predicted octanol–water partition coefficient (Wildman–Crippen LogP) is 3.94. The lowest BCUT2D eigenvalue weighted by Gasteiger charge is -2.34. The number of carbonyl (C=O) groups is 1. The number of unbranched alkanes of at least 4 members (excludes halogenated alkanes) is 1. The van der Waals surface area contributed by atoms with E-state index < -0.39 is 0 Å². The van der Waals surface area contributed by atoms with Gasteiger partial charge in [-0.1, -0.05) is 37.6 Å². The molecule has 1 atom stereocenters. The molecule has 166 valence electrons. The predicted molar refractivity (Wildman–Crippen MR) is 121 cm³/mol. The second-order valence-electron chi connectivity index (χ2n) is 8.37. The van der Waals surface area contributed by atoms with Crippen LogP contribution in [0.3, 0.4) is 0 Å². The molecule has 2 aliphatic heterocycles. The summed E-state index contributed by atoms with van der Waals surface area (Å²) in [7, 11) is 0. The highest BCUT2D eigenvalue weighted by molar-refractivity contribution is 5.95. The Morgan fingerprint density at radius 2 is 1.94 bits per heavy atom. The molecule has 0 radical (unpaired) electrons. The number of fused-ring (bicyclic) bond motifs is 1. The van der Waals surface area contributed by atoms with Crippen LogP contribution < -0.4 is 15.8 Å². The van der Waals surface area contributed by atoms with Gasteiger partial charge in [-0.2, -0.15) is 9.97 Å². The summed E-state index contributed by atoms with van der Waals surface area (Å²) in [6.45, 7) is 8.38. The maximum Gasteiger partial charge on any atom is 0.322 e. The van der Waals surface area contributed by atoms with Crippen molar-refractivity contribution in [3.63, 3.8) is 0 Å². The highest BCUT2D eigenvalue weighted by Crippen LogP contribution is 2.33. The van der Waals surface area contributed by atoms with Crippen molar-refractivity contribution in [2.24, 2.45) is 0 Å². The number of aromatic nitrogens is 2. The van der Waals surface area contributed by atoms with E-state index in [-0.39, 0.29) is 23.9 Å². The molecule has 31 heavy (non-hydrogen) atoms. The fraction of sp³-hybridized carbons (Fsp3) is 0.522. The number of nitrogens with two attached hydrogens (primary N) is 1. The van der Waals surface area contributed by atoms with Crippen LogP contribution in [0.2, 0.25) is 0 Å². The average Bonchev–Trinajstić information content (AvgIpc) is 3.27. The first kappa shape index (κ1) is 21.4. The maximum absolute atomic E-state index is 12.8. The van der Waals surface area contributed by atoms with E-state index >= 15 is 0 Å². The van der Waals surface area contributed by atoms with Crippen LogP contribution in [0.15, 0.2) is 24.3 Å². The fourth-order valence-corrected chi connectivity index (χ4v) is 4.13. The molecule has 0 aliphatic carbocycles. The standard InChI is InChI=1S/C23H32N6O2/c1-3-4-13-31-22-25-19-15-29(23(30)26-20(19)21(24)27-22)16(2)18-9-7-17(8-10-18)14-28-11-5-6-12-28/h7-10,16H,3-6,11-15H2,1-2H3,(H,26,30)(H2,24,25,27)/t16-/m1/s1. The molecular formula is C23H32N6O2. The van der Waals surface area contributed by atoms with Crippen LogP contribution in [0, 0.1) is 0 Å². The lowest BCUT2D eigenvalue weighted by Crippen LogP contribution is -2.41. The normalized spacial score (nSPS) is 17.4. The first-order chi connectivity index (χ1) is 15.0. The summed E-state index contributed by atoms with van der Waals surface area (Å²) in [6, 6.07) is 8.53. The summed E-state index contributed by atoms with van der Waals surface area (Å²) < 4.78 is 5.63. The Morgan fingerprint density at radius 3 is 2.65 bits per heavy atom. The van der Waals surface area contributed by atoms with E-state index in [4.69, 9.17) is 10.5 Å².